The maximum absolute atomic E-state index is 6.89. The summed E-state index contributed by atoms with van der Waals surface area (Å²) >= 11 is 0. The summed E-state index contributed by atoms with van der Waals surface area (Å²) in [6.07, 6.45) is 5.27. The molecule has 0 atom stereocenters. The highest BCUT2D eigenvalue weighted by molar-refractivity contribution is 6.09. The smallest absolute Gasteiger partial charge is 0.137 e. The first kappa shape index (κ1) is 41.8. The van der Waals surface area contributed by atoms with Gasteiger partial charge in [0.2, 0.25) is 0 Å². The van der Waals surface area contributed by atoms with Gasteiger partial charge in [-0.1, -0.05) is 126 Å². The van der Waals surface area contributed by atoms with Crippen molar-refractivity contribution < 1.29 is 4.74 Å². The van der Waals surface area contributed by atoms with Crippen LogP contribution in [-0.4, -0.2) is 25.8 Å². The summed E-state index contributed by atoms with van der Waals surface area (Å²) in [7, 11) is 0. The van der Waals surface area contributed by atoms with Crippen LogP contribution in [0, 0.1) is 0 Å². The lowest BCUT2D eigenvalue weighted by atomic mass is 9.82. The van der Waals surface area contributed by atoms with Crippen LogP contribution in [0.5, 0.6) is 11.5 Å². The minimum absolute atomic E-state index is 0.0159. The van der Waals surface area contributed by atoms with E-state index in [2.05, 4.69) is 224 Å². The molecule has 0 radical (unpaired) electrons. The summed E-state index contributed by atoms with van der Waals surface area (Å²) in [5.41, 5.74) is 16.2. The fourth-order valence-corrected chi connectivity index (χ4v) is 10.5. The highest BCUT2D eigenvalue weighted by atomic mass is 16.5. The SMILES string of the molecule is CC(C)(C)c1ccnc(-n2c3ccccc3c3ccc(Oc4cccc(N5CN(c6c(-c7ccccc7)cc(C(C)(C)C)cc6-c6ccccc6)c6cc7c(cc65)nc5n7CCCC5)c4)cc32)c1. The molecule has 10 aromatic rings. The van der Waals surface area contributed by atoms with E-state index in [9.17, 15) is 0 Å². The van der Waals surface area contributed by atoms with Gasteiger partial charge >= 0.3 is 0 Å². The fraction of sp³-hybridized carbons (Fsp3) is 0.213. The van der Waals surface area contributed by atoms with Crippen molar-refractivity contribution in [2.24, 2.45) is 0 Å². The highest BCUT2D eigenvalue weighted by Crippen LogP contribution is 2.53. The zero-order valence-electron chi connectivity index (χ0n) is 39.8. The van der Waals surface area contributed by atoms with Crippen LogP contribution >= 0.6 is 0 Å². The number of aryl methyl sites for hydroxylation is 2. The molecule has 0 N–H and O–H groups in total. The van der Waals surface area contributed by atoms with Gasteiger partial charge in [0.05, 0.1) is 39.1 Å². The van der Waals surface area contributed by atoms with E-state index < -0.39 is 0 Å². The molecule has 3 aromatic heterocycles. The predicted octanol–water partition coefficient (Wildman–Crippen LogP) is 15.8. The number of hydrogen-bond donors (Lipinski definition) is 0. The molecule has 0 spiro atoms. The molecule has 68 heavy (non-hydrogen) atoms. The zero-order valence-corrected chi connectivity index (χ0v) is 39.8. The van der Waals surface area contributed by atoms with Gasteiger partial charge in [-0.3, -0.25) is 4.57 Å². The summed E-state index contributed by atoms with van der Waals surface area (Å²) in [5.74, 6) is 3.60. The Kier molecular flexibility index (Phi) is 9.84. The number of aromatic nitrogens is 4. The summed E-state index contributed by atoms with van der Waals surface area (Å²) in [5, 5.41) is 2.34. The Hall–Kier alpha value is -7.64. The molecule has 0 unspecified atom stereocenters. The highest BCUT2D eigenvalue weighted by Gasteiger charge is 2.34. The van der Waals surface area contributed by atoms with E-state index in [1.807, 2.05) is 6.20 Å². The van der Waals surface area contributed by atoms with Gasteiger partial charge in [0.25, 0.3) is 0 Å². The lowest BCUT2D eigenvalue weighted by Crippen LogP contribution is -2.25. The third-order valence-corrected chi connectivity index (χ3v) is 14.1. The average Bonchev–Trinajstić information content (AvgIpc) is 4.02. The second-order valence-corrected chi connectivity index (χ2v) is 20.6. The largest absolute Gasteiger partial charge is 0.457 e. The Morgan fingerprint density at radius 3 is 1.94 bits per heavy atom. The van der Waals surface area contributed by atoms with Crippen LogP contribution in [0.1, 0.15) is 71.3 Å². The third kappa shape index (κ3) is 7.20. The Morgan fingerprint density at radius 2 is 1.21 bits per heavy atom. The van der Waals surface area contributed by atoms with Crippen molar-refractivity contribution in [3.8, 4) is 39.6 Å². The topological polar surface area (TPSA) is 51.4 Å². The van der Waals surface area contributed by atoms with E-state index in [-0.39, 0.29) is 10.8 Å². The molecule has 336 valence electrons. The predicted molar refractivity (Wildman–Crippen MR) is 282 cm³/mol. The number of ether oxygens (including phenoxy) is 1. The summed E-state index contributed by atoms with van der Waals surface area (Å²) in [4.78, 5) is 15.2. The molecule has 7 heteroatoms. The lowest BCUT2D eigenvalue weighted by Gasteiger charge is -2.30. The zero-order chi connectivity index (χ0) is 46.3. The number of fused-ring (bicyclic) bond motifs is 7. The monoisotopic (exact) mass is 888 g/mol. The molecule has 7 nitrogen and oxygen atoms in total. The summed E-state index contributed by atoms with van der Waals surface area (Å²) in [6, 6.07) is 59.4. The Morgan fingerprint density at radius 1 is 0.529 bits per heavy atom. The number of hydrogen-bond acceptors (Lipinski definition) is 5. The van der Waals surface area contributed by atoms with Gasteiger partial charge in [0, 0.05) is 58.9 Å². The first-order chi connectivity index (χ1) is 33.0. The molecule has 0 aliphatic carbocycles. The molecular weight excluding hydrogens is 833 g/mol. The molecule has 0 bridgehead atoms. The van der Waals surface area contributed by atoms with Crippen molar-refractivity contribution in [2.45, 2.75) is 78.2 Å². The van der Waals surface area contributed by atoms with Crippen molar-refractivity contribution in [1.82, 2.24) is 19.1 Å². The van der Waals surface area contributed by atoms with Crippen LogP contribution in [0.2, 0.25) is 0 Å². The summed E-state index contributed by atoms with van der Waals surface area (Å²) in [6.45, 7) is 15.3. The van der Waals surface area contributed by atoms with Crippen LogP contribution in [0.3, 0.4) is 0 Å². The minimum Gasteiger partial charge on any atom is -0.457 e. The maximum atomic E-state index is 6.89. The average molecular weight is 889 g/mol. The minimum atomic E-state index is -0.0703. The lowest BCUT2D eigenvalue weighted by molar-refractivity contribution is 0.483. The molecule has 0 fully saturated rings. The Bertz CT molecular complexity index is 3490. The summed E-state index contributed by atoms with van der Waals surface area (Å²) < 4.78 is 11.6. The van der Waals surface area contributed by atoms with Crippen molar-refractivity contribution in [3.05, 3.63) is 187 Å². The van der Waals surface area contributed by atoms with Gasteiger partial charge in [0.15, 0.2) is 0 Å². The normalized spacial score (nSPS) is 14.0. The maximum Gasteiger partial charge on any atom is 0.137 e. The number of benzene rings is 7. The molecule has 0 saturated heterocycles. The quantitative estimate of drug-likeness (QED) is 0.160. The van der Waals surface area contributed by atoms with Crippen LogP contribution in [0.15, 0.2) is 170 Å². The van der Waals surface area contributed by atoms with Gasteiger partial charge < -0.3 is 19.1 Å². The number of imidazole rings is 1. The van der Waals surface area contributed by atoms with Gasteiger partial charge in [-0.2, -0.15) is 0 Å². The molecule has 2 aliphatic rings. The van der Waals surface area contributed by atoms with Crippen molar-refractivity contribution in [1.29, 1.82) is 0 Å². The second-order valence-electron chi connectivity index (χ2n) is 20.6. The number of nitrogens with zero attached hydrogens (tertiary/aromatic N) is 6. The van der Waals surface area contributed by atoms with E-state index >= 15 is 0 Å². The molecular formula is C61H56N6O. The Balaban J connectivity index is 0.999. The number of pyridine rings is 1. The fourth-order valence-electron chi connectivity index (χ4n) is 10.5. The van der Waals surface area contributed by atoms with E-state index in [0.717, 1.165) is 69.3 Å². The van der Waals surface area contributed by atoms with Crippen molar-refractivity contribution >= 4 is 55.6 Å². The van der Waals surface area contributed by atoms with Crippen LogP contribution in [0.25, 0.3) is 60.9 Å². The molecule has 0 amide bonds. The van der Waals surface area contributed by atoms with E-state index in [1.165, 1.54) is 68.6 Å². The first-order valence-electron chi connectivity index (χ1n) is 24.1. The van der Waals surface area contributed by atoms with E-state index in [0.29, 0.717) is 6.67 Å². The molecule has 2 aliphatic heterocycles. The molecule has 5 heterocycles. The third-order valence-electron chi connectivity index (χ3n) is 14.1. The Labute approximate surface area is 398 Å². The number of para-hydroxylation sites is 1. The van der Waals surface area contributed by atoms with Gasteiger partial charge in [0.1, 0.15) is 29.8 Å². The molecule has 12 rings (SSSR count). The van der Waals surface area contributed by atoms with Crippen LogP contribution in [-0.2, 0) is 23.8 Å². The van der Waals surface area contributed by atoms with Gasteiger partial charge in [-0.05, 0) is 113 Å². The number of anilines is 4. The van der Waals surface area contributed by atoms with E-state index in [4.69, 9.17) is 14.7 Å². The first-order valence-corrected chi connectivity index (χ1v) is 24.1. The van der Waals surface area contributed by atoms with Gasteiger partial charge in [-0.25, -0.2) is 9.97 Å². The van der Waals surface area contributed by atoms with Crippen molar-refractivity contribution in [2.75, 3.05) is 16.5 Å². The van der Waals surface area contributed by atoms with E-state index in [1.54, 1.807) is 0 Å². The van der Waals surface area contributed by atoms with Crippen molar-refractivity contribution in [3.63, 3.8) is 0 Å². The number of rotatable bonds is 7. The standard InChI is InChI=1S/C61H56N6O/c1-60(2,3)42-29-30-62-58(34-42)67-52-25-14-13-24-47(52)48-28-27-46(36-53(48)67)68-45-23-17-22-44(35-45)65-39-66(56-38-54-51(37-55(56)65)63-57-26-15-16-31-64(54)57)59-49(40-18-9-7-10-19-40)32-43(61(4,5)6)33-50(59)41-20-11-8-12-21-41/h7-14,17-25,27-30,32-38H,15-16,26,31,39H2,1-6H3. The molecule has 0 saturated carbocycles. The van der Waals surface area contributed by atoms with Gasteiger partial charge in [-0.15, -0.1) is 0 Å². The van der Waals surface area contributed by atoms with Crippen LogP contribution in [0.4, 0.5) is 22.7 Å². The second kappa shape index (κ2) is 16.0. The van der Waals surface area contributed by atoms with Crippen LogP contribution < -0.4 is 14.5 Å². The molecule has 7 aromatic carbocycles.